The monoisotopic (exact) mass is 404 g/mol. The molecular formula is C23H21FN4O2. The first-order chi connectivity index (χ1) is 14.5. The predicted molar refractivity (Wildman–Crippen MR) is 112 cm³/mol. The molecule has 2 N–H and O–H groups in total. The summed E-state index contributed by atoms with van der Waals surface area (Å²) in [5, 5.41) is 9.83. The molecule has 1 heterocycles. The van der Waals surface area contributed by atoms with Gasteiger partial charge in [-0.25, -0.2) is 9.07 Å². The molecule has 0 atom stereocenters. The largest absolute Gasteiger partial charge is 0.351 e. The quantitative estimate of drug-likeness (QED) is 0.595. The van der Waals surface area contributed by atoms with Crippen molar-refractivity contribution in [2.75, 3.05) is 13.1 Å². The molecule has 0 saturated heterocycles. The highest BCUT2D eigenvalue weighted by Crippen LogP contribution is 2.24. The van der Waals surface area contributed by atoms with Crippen LogP contribution in [-0.4, -0.2) is 34.7 Å². The zero-order valence-electron chi connectivity index (χ0n) is 16.5. The summed E-state index contributed by atoms with van der Waals surface area (Å²) in [6.07, 6.45) is 6.81. The molecule has 2 aromatic carbocycles. The third-order valence-electron chi connectivity index (χ3n) is 4.40. The van der Waals surface area contributed by atoms with Crippen molar-refractivity contribution >= 4 is 11.8 Å². The highest BCUT2D eigenvalue weighted by atomic mass is 19.1. The van der Waals surface area contributed by atoms with E-state index < -0.39 is 0 Å². The van der Waals surface area contributed by atoms with Gasteiger partial charge in [0.25, 0.3) is 5.91 Å². The Balaban J connectivity index is 1.84. The minimum absolute atomic E-state index is 0.111. The summed E-state index contributed by atoms with van der Waals surface area (Å²) in [5.74, 6) is 1.37. The SMILES string of the molecule is C#CCNC(=O)CCNC(=O)c1cn(-c2ccc(F)cc2)nc1-c1ccc(C)cc1. The molecule has 0 bridgehead atoms. The molecule has 6 nitrogen and oxygen atoms in total. The van der Waals surface area contributed by atoms with E-state index in [0.717, 1.165) is 11.1 Å². The zero-order valence-corrected chi connectivity index (χ0v) is 16.5. The minimum Gasteiger partial charge on any atom is -0.351 e. The fourth-order valence-electron chi connectivity index (χ4n) is 2.81. The summed E-state index contributed by atoms with van der Waals surface area (Å²) >= 11 is 0. The Hall–Kier alpha value is -3.92. The number of carbonyl (C=O) groups excluding carboxylic acids is 2. The van der Waals surface area contributed by atoms with Crippen LogP contribution < -0.4 is 10.6 Å². The van der Waals surface area contributed by atoms with Gasteiger partial charge in [-0.15, -0.1) is 6.42 Å². The first-order valence-corrected chi connectivity index (χ1v) is 9.39. The molecule has 0 aliphatic heterocycles. The van der Waals surface area contributed by atoms with Crippen LogP contribution in [0.5, 0.6) is 0 Å². The second-order valence-electron chi connectivity index (χ2n) is 6.67. The first-order valence-electron chi connectivity index (χ1n) is 9.39. The Labute approximate surface area is 174 Å². The van der Waals surface area contributed by atoms with Crippen LogP contribution in [0.4, 0.5) is 4.39 Å². The lowest BCUT2D eigenvalue weighted by molar-refractivity contribution is -0.120. The molecule has 3 aromatic rings. The van der Waals surface area contributed by atoms with Gasteiger partial charge in [0.1, 0.15) is 11.5 Å². The molecule has 1 aromatic heterocycles. The Morgan fingerprint density at radius 1 is 1.10 bits per heavy atom. The zero-order chi connectivity index (χ0) is 21.5. The van der Waals surface area contributed by atoms with Crippen molar-refractivity contribution in [1.82, 2.24) is 20.4 Å². The van der Waals surface area contributed by atoms with Crippen molar-refractivity contribution in [2.24, 2.45) is 0 Å². The first kappa shape index (κ1) is 20.8. The number of rotatable bonds is 7. The van der Waals surface area contributed by atoms with Gasteiger partial charge in [0.2, 0.25) is 5.91 Å². The molecule has 152 valence electrons. The van der Waals surface area contributed by atoms with Crippen molar-refractivity contribution in [2.45, 2.75) is 13.3 Å². The van der Waals surface area contributed by atoms with Crippen LogP contribution >= 0.6 is 0 Å². The standard InChI is InChI=1S/C23H21FN4O2/c1-3-13-25-21(29)12-14-26-23(30)20-15-28(19-10-8-18(24)9-11-19)27-22(20)17-6-4-16(2)5-7-17/h1,4-11,15H,12-14H2,2H3,(H,25,29)(H,26,30). The fourth-order valence-corrected chi connectivity index (χ4v) is 2.81. The topological polar surface area (TPSA) is 76.0 Å². The number of terminal acetylenes is 1. The van der Waals surface area contributed by atoms with E-state index in [9.17, 15) is 14.0 Å². The van der Waals surface area contributed by atoms with Gasteiger partial charge in [0.05, 0.1) is 17.8 Å². The number of halogens is 1. The van der Waals surface area contributed by atoms with Crippen molar-refractivity contribution < 1.29 is 14.0 Å². The molecule has 0 unspecified atom stereocenters. The van der Waals surface area contributed by atoms with Crippen LogP contribution in [0.1, 0.15) is 22.3 Å². The second kappa shape index (κ2) is 9.52. The summed E-state index contributed by atoms with van der Waals surface area (Å²) in [6, 6.07) is 13.5. The normalized spacial score (nSPS) is 10.3. The van der Waals surface area contributed by atoms with Crippen LogP contribution in [0.3, 0.4) is 0 Å². The molecule has 3 rings (SSSR count). The van der Waals surface area contributed by atoms with Gasteiger partial charge >= 0.3 is 0 Å². The van der Waals surface area contributed by atoms with E-state index in [2.05, 4.69) is 21.7 Å². The maximum atomic E-state index is 13.3. The van der Waals surface area contributed by atoms with Crippen LogP contribution in [0.2, 0.25) is 0 Å². The van der Waals surface area contributed by atoms with Crippen LogP contribution in [0, 0.1) is 25.1 Å². The van der Waals surface area contributed by atoms with E-state index in [4.69, 9.17) is 6.42 Å². The third kappa shape index (κ3) is 5.11. The summed E-state index contributed by atoms with van der Waals surface area (Å²) in [5.41, 5.74) is 3.33. The molecule has 2 amide bonds. The van der Waals surface area contributed by atoms with E-state index in [1.54, 1.807) is 18.3 Å². The van der Waals surface area contributed by atoms with E-state index in [0.29, 0.717) is 16.9 Å². The lowest BCUT2D eigenvalue weighted by Crippen LogP contribution is -2.31. The lowest BCUT2D eigenvalue weighted by Gasteiger charge is -2.06. The Bertz CT molecular complexity index is 1080. The fraction of sp³-hybridized carbons (Fsp3) is 0.174. The Morgan fingerprint density at radius 3 is 2.47 bits per heavy atom. The lowest BCUT2D eigenvalue weighted by atomic mass is 10.1. The summed E-state index contributed by atoms with van der Waals surface area (Å²) in [4.78, 5) is 24.5. The smallest absolute Gasteiger partial charge is 0.255 e. The van der Waals surface area contributed by atoms with Gasteiger partial charge in [0.15, 0.2) is 0 Å². The second-order valence-corrected chi connectivity index (χ2v) is 6.67. The average Bonchev–Trinajstić information content (AvgIpc) is 3.19. The number of aromatic nitrogens is 2. The average molecular weight is 404 g/mol. The molecule has 30 heavy (non-hydrogen) atoms. The number of hydrogen-bond donors (Lipinski definition) is 2. The summed E-state index contributed by atoms with van der Waals surface area (Å²) in [7, 11) is 0. The van der Waals surface area contributed by atoms with Crippen molar-refractivity contribution in [1.29, 1.82) is 0 Å². The van der Waals surface area contributed by atoms with Crippen LogP contribution in [-0.2, 0) is 4.79 Å². The van der Waals surface area contributed by atoms with E-state index in [1.165, 1.54) is 16.8 Å². The van der Waals surface area contributed by atoms with E-state index in [1.807, 2.05) is 31.2 Å². The molecule has 7 heteroatoms. The summed E-state index contributed by atoms with van der Waals surface area (Å²) in [6.45, 7) is 2.28. The summed E-state index contributed by atoms with van der Waals surface area (Å²) < 4.78 is 14.8. The Kier molecular flexibility index (Phi) is 6.60. The number of hydrogen-bond acceptors (Lipinski definition) is 3. The third-order valence-corrected chi connectivity index (χ3v) is 4.40. The van der Waals surface area contributed by atoms with Gasteiger partial charge in [-0.05, 0) is 31.2 Å². The molecule has 0 spiro atoms. The Morgan fingerprint density at radius 2 is 1.80 bits per heavy atom. The molecular weight excluding hydrogens is 383 g/mol. The van der Waals surface area contributed by atoms with Gasteiger partial charge in [0, 0.05) is 24.7 Å². The van der Waals surface area contributed by atoms with E-state index in [-0.39, 0.29) is 37.1 Å². The van der Waals surface area contributed by atoms with Gasteiger partial charge in [-0.3, -0.25) is 9.59 Å². The van der Waals surface area contributed by atoms with Gasteiger partial charge in [-0.2, -0.15) is 5.10 Å². The number of nitrogens with one attached hydrogen (secondary N) is 2. The number of benzene rings is 2. The number of nitrogens with zero attached hydrogens (tertiary/aromatic N) is 2. The van der Waals surface area contributed by atoms with Gasteiger partial charge < -0.3 is 10.6 Å². The maximum Gasteiger partial charge on any atom is 0.255 e. The maximum absolute atomic E-state index is 13.3. The molecule has 0 aliphatic carbocycles. The van der Waals surface area contributed by atoms with Crippen molar-refractivity contribution in [3.63, 3.8) is 0 Å². The highest BCUT2D eigenvalue weighted by molar-refractivity contribution is 6.00. The molecule has 0 aliphatic rings. The number of amides is 2. The van der Waals surface area contributed by atoms with Gasteiger partial charge in [-0.1, -0.05) is 35.7 Å². The van der Waals surface area contributed by atoms with Crippen LogP contribution in [0.25, 0.3) is 16.9 Å². The van der Waals surface area contributed by atoms with Crippen LogP contribution in [0.15, 0.2) is 54.7 Å². The van der Waals surface area contributed by atoms with Crippen molar-refractivity contribution in [3.05, 3.63) is 71.7 Å². The molecule has 0 saturated carbocycles. The predicted octanol–water partition coefficient (Wildman–Crippen LogP) is 2.86. The highest BCUT2D eigenvalue weighted by Gasteiger charge is 2.19. The number of aryl methyl sites for hydroxylation is 1. The number of carbonyl (C=O) groups is 2. The molecule has 0 fully saturated rings. The minimum atomic E-state index is -0.358. The van der Waals surface area contributed by atoms with Crippen molar-refractivity contribution in [3.8, 4) is 29.3 Å². The molecule has 0 radical (unpaired) electrons. The van der Waals surface area contributed by atoms with E-state index >= 15 is 0 Å².